The quantitative estimate of drug-likeness (QED) is 0.755. The fourth-order valence-corrected chi connectivity index (χ4v) is 3.99. The first-order chi connectivity index (χ1) is 12.5. The summed E-state index contributed by atoms with van der Waals surface area (Å²) in [5, 5.41) is 16.2. The van der Waals surface area contributed by atoms with E-state index in [-0.39, 0.29) is 23.7 Å². The van der Waals surface area contributed by atoms with Gasteiger partial charge in [-0.3, -0.25) is 4.79 Å². The Morgan fingerprint density at radius 3 is 2.65 bits per heavy atom. The Bertz CT molecular complexity index is 609. The predicted octanol–water partition coefficient (Wildman–Crippen LogP) is 2.42. The summed E-state index contributed by atoms with van der Waals surface area (Å²) in [6, 6.07) is 5.41. The van der Waals surface area contributed by atoms with Crippen LogP contribution in [0.25, 0.3) is 0 Å². The van der Waals surface area contributed by atoms with Crippen LogP contribution in [-0.2, 0) is 17.8 Å². The molecule has 0 radical (unpaired) electrons. The van der Waals surface area contributed by atoms with E-state index in [1.54, 1.807) is 12.1 Å². The van der Waals surface area contributed by atoms with Crippen LogP contribution in [0.1, 0.15) is 50.7 Å². The van der Waals surface area contributed by atoms with Crippen molar-refractivity contribution in [2.24, 2.45) is 5.92 Å². The van der Waals surface area contributed by atoms with E-state index in [9.17, 15) is 9.90 Å². The summed E-state index contributed by atoms with van der Waals surface area (Å²) >= 11 is 0. The smallest absolute Gasteiger partial charge is 0.237 e. The van der Waals surface area contributed by atoms with Gasteiger partial charge < -0.3 is 20.6 Å². The highest BCUT2D eigenvalue weighted by atomic mass is 16.3. The Hall–Kier alpha value is -1.59. The highest BCUT2D eigenvalue weighted by Gasteiger charge is 2.27. The molecule has 0 spiro atoms. The number of aromatic hydroxyl groups is 1. The molecule has 1 aromatic carbocycles. The van der Waals surface area contributed by atoms with Crippen molar-refractivity contribution < 1.29 is 9.90 Å². The van der Waals surface area contributed by atoms with Gasteiger partial charge in [0, 0.05) is 19.1 Å². The summed E-state index contributed by atoms with van der Waals surface area (Å²) in [4.78, 5) is 15.4. The topological polar surface area (TPSA) is 64.6 Å². The fourth-order valence-electron chi connectivity index (χ4n) is 3.99. The maximum Gasteiger partial charge on any atom is 0.237 e. The molecule has 144 valence electrons. The van der Waals surface area contributed by atoms with E-state index in [2.05, 4.69) is 29.4 Å². The number of nitrogens with zero attached hydrogens (tertiary/aromatic N) is 1. The minimum Gasteiger partial charge on any atom is -0.508 e. The molecule has 0 bridgehead atoms. The second-order valence-corrected chi connectivity index (χ2v) is 8.16. The van der Waals surface area contributed by atoms with Crippen molar-refractivity contribution >= 4 is 5.91 Å². The molecule has 3 N–H and O–H groups in total. The Morgan fingerprint density at radius 2 is 1.96 bits per heavy atom. The molecule has 3 rings (SSSR count). The molecule has 1 fully saturated rings. The van der Waals surface area contributed by atoms with Gasteiger partial charge in [-0.05, 0) is 61.5 Å². The van der Waals surface area contributed by atoms with Gasteiger partial charge in [0.2, 0.25) is 5.91 Å². The lowest BCUT2D eigenvalue weighted by Gasteiger charge is -2.32. The molecular formula is C21H33N3O2. The third-order valence-electron chi connectivity index (χ3n) is 5.76. The number of carbonyl (C=O) groups excluding carboxylic acids is 1. The first kappa shape index (κ1) is 19.2. The number of benzene rings is 1. The van der Waals surface area contributed by atoms with Crippen molar-refractivity contribution in [3.8, 4) is 5.75 Å². The van der Waals surface area contributed by atoms with Gasteiger partial charge in [0.1, 0.15) is 5.75 Å². The van der Waals surface area contributed by atoms with Gasteiger partial charge in [-0.15, -0.1) is 0 Å². The number of fused-ring (bicyclic) bond motifs is 1. The monoisotopic (exact) mass is 359 g/mol. The maximum absolute atomic E-state index is 12.9. The first-order valence-corrected chi connectivity index (χ1v) is 10.1. The first-order valence-electron chi connectivity index (χ1n) is 10.1. The standard InChI is InChI=1S/C21H33N3O2/c1-15(2)20(14-24-9-5-3-4-6-10-24)23-21(26)19-12-16-7-8-18(25)11-17(16)13-22-19/h7-8,11,15,19-20,22,25H,3-6,9-10,12-14H2,1-2H3,(H,23,26)/t19-,20-/m1/s1. The average molecular weight is 360 g/mol. The Morgan fingerprint density at radius 1 is 1.23 bits per heavy atom. The summed E-state index contributed by atoms with van der Waals surface area (Å²) in [6.45, 7) is 8.25. The van der Waals surface area contributed by atoms with Gasteiger partial charge in [0.15, 0.2) is 0 Å². The van der Waals surface area contributed by atoms with Gasteiger partial charge in [-0.25, -0.2) is 0 Å². The Kier molecular flexibility index (Phi) is 6.54. The number of rotatable bonds is 5. The van der Waals surface area contributed by atoms with Crippen LogP contribution in [0.4, 0.5) is 0 Å². The number of carbonyl (C=O) groups is 1. The minimum absolute atomic E-state index is 0.0947. The SMILES string of the molecule is CC(C)[C@@H](CN1CCCCCC1)NC(=O)[C@H]1Cc2ccc(O)cc2CN1. The van der Waals surface area contributed by atoms with Crippen LogP contribution >= 0.6 is 0 Å². The molecule has 2 atom stereocenters. The number of phenolic OH excluding ortho intramolecular Hbond substituents is 1. The predicted molar refractivity (Wildman–Crippen MR) is 104 cm³/mol. The van der Waals surface area contributed by atoms with Crippen LogP contribution in [0.15, 0.2) is 18.2 Å². The zero-order chi connectivity index (χ0) is 18.5. The molecule has 5 heteroatoms. The second kappa shape index (κ2) is 8.87. The normalized spacial score (nSPS) is 22.5. The Labute approximate surface area is 157 Å². The van der Waals surface area contributed by atoms with Gasteiger partial charge >= 0.3 is 0 Å². The lowest BCUT2D eigenvalue weighted by molar-refractivity contribution is -0.124. The number of nitrogens with one attached hydrogen (secondary N) is 2. The molecular weight excluding hydrogens is 326 g/mol. The van der Waals surface area contributed by atoms with Crippen molar-refractivity contribution in [3.05, 3.63) is 29.3 Å². The van der Waals surface area contributed by atoms with Gasteiger partial charge in [0.05, 0.1) is 6.04 Å². The highest BCUT2D eigenvalue weighted by Crippen LogP contribution is 2.22. The van der Waals surface area contributed by atoms with Gasteiger partial charge in [-0.2, -0.15) is 0 Å². The third kappa shape index (κ3) is 4.98. The lowest BCUT2D eigenvalue weighted by atomic mass is 9.94. The van der Waals surface area contributed by atoms with Crippen molar-refractivity contribution in [1.29, 1.82) is 0 Å². The van der Waals surface area contributed by atoms with E-state index >= 15 is 0 Å². The molecule has 2 heterocycles. The van der Waals surface area contributed by atoms with Crippen LogP contribution in [0.3, 0.4) is 0 Å². The molecule has 0 aromatic heterocycles. The van der Waals surface area contributed by atoms with Crippen molar-refractivity contribution in [2.75, 3.05) is 19.6 Å². The zero-order valence-corrected chi connectivity index (χ0v) is 16.1. The molecule has 1 aromatic rings. The molecule has 1 amide bonds. The van der Waals surface area contributed by atoms with Crippen molar-refractivity contribution in [3.63, 3.8) is 0 Å². The van der Waals surface area contributed by atoms with E-state index in [0.29, 0.717) is 18.9 Å². The average Bonchev–Trinajstić information content (AvgIpc) is 2.89. The van der Waals surface area contributed by atoms with E-state index in [0.717, 1.165) is 30.8 Å². The van der Waals surface area contributed by atoms with E-state index < -0.39 is 0 Å². The summed E-state index contributed by atoms with van der Waals surface area (Å²) < 4.78 is 0. The fraction of sp³-hybridized carbons (Fsp3) is 0.667. The van der Waals surface area contributed by atoms with Crippen molar-refractivity contribution in [2.45, 2.75) is 64.6 Å². The molecule has 0 unspecified atom stereocenters. The van der Waals surface area contributed by atoms with Crippen LogP contribution in [0, 0.1) is 5.92 Å². The highest BCUT2D eigenvalue weighted by molar-refractivity contribution is 5.82. The molecule has 2 aliphatic heterocycles. The van der Waals surface area contributed by atoms with Crippen molar-refractivity contribution in [1.82, 2.24) is 15.5 Å². The zero-order valence-electron chi connectivity index (χ0n) is 16.1. The van der Waals surface area contributed by atoms with Crippen LogP contribution in [-0.4, -0.2) is 47.6 Å². The van der Waals surface area contributed by atoms with E-state index in [1.165, 1.54) is 25.7 Å². The summed E-state index contributed by atoms with van der Waals surface area (Å²) in [7, 11) is 0. The van der Waals surface area contributed by atoms with Crippen LogP contribution < -0.4 is 10.6 Å². The third-order valence-corrected chi connectivity index (χ3v) is 5.76. The molecule has 5 nitrogen and oxygen atoms in total. The lowest BCUT2D eigenvalue weighted by Crippen LogP contribution is -2.54. The van der Waals surface area contributed by atoms with Gasteiger partial charge in [0.25, 0.3) is 0 Å². The molecule has 0 saturated carbocycles. The summed E-state index contributed by atoms with van der Waals surface area (Å²) in [5.74, 6) is 0.790. The summed E-state index contributed by atoms with van der Waals surface area (Å²) in [5.41, 5.74) is 2.23. The molecule has 0 aliphatic carbocycles. The molecule has 1 saturated heterocycles. The molecule has 2 aliphatic rings. The Balaban J connectivity index is 1.58. The number of likely N-dealkylation sites (tertiary alicyclic amines) is 1. The summed E-state index contributed by atoms with van der Waals surface area (Å²) in [6.07, 6.45) is 5.88. The largest absolute Gasteiger partial charge is 0.508 e. The van der Waals surface area contributed by atoms with E-state index in [1.807, 2.05) is 6.07 Å². The van der Waals surface area contributed by atoms with Gasteiger partial charge in [-0.1, -0.05) is 32.8 Å². The van der Waals surface area contributed by atoms with Crippen LogP contribution in [0.5, 0.6) is 5.75 Å². The number of amides is 1. The number of phenols is 1. The maximum atomic E-state index is 12.9. The number of hydrogen-bond donors (Lipinski definition) is 3. The number of hydrogen-bond acceptors (Lipinski definition) is 4. The second-order valence-electron chi connectivity index (χ2n) is 8.16. The molecule has 26 heavy (non-hydrogen) atoms. The minimum atomic E-state index is -0.197. The van der Waals surface area contributed by atoms with E-state index in [4.69, 9.17) is 0 Å². The van der Waals surface area contributed by atoms with Crippen LogP contribution in [0.2, 0.25) is 0 Å².